The van der Waals surface area contributed by atoms with Gasteiger partial charge in [0.05, 0.1) is 6.61 Å². The summed E-state index contributed by atoms with van der Waals surface area (Å²) in [5, 5.41) is 2.95. The SMILES string of the molecule is CCOC(=O)c1cc(S(=O)(=O)N2CCC[C@H]2C(=O)Nc2c(C)cccc2CC)cn1C. The molecular weight excluding hydrogens is 418 g/mol. The molecular formula is C22H29N3O5S. The maximum atomic E-state index is 13.3. The van der Waals surface area contributed by atoms with Crippen molar-refractivity contribution in [3.63, 3.8) is 0 Å². The Kier molecular flexibility index (Phi) is 6.86. The summed E-state index contributed by atoms with van der Waals surface area (Å²) in [5.41, 5.74) is 2.82. The Morgan fingerprint density at radius 2 is 2.00 bits per heavy atom. The normalized spacial score (nSPS) is 17.0. The van der Waals surface area contributed by atoms with Gasteiger partial charge in [0, 0.05) is 25.5 Å². The van der Waals surface area contributed by atoms with Crippen LogP contribution < -0.4 is 5.32 Å². The van der Waals surface area contributed by atoms with E-state index < -0.39 is 22.0 Å². The summed E-state index contributed by atoms with van der Waals surface area (Å²) >= 11 is 0. The number of anilines is 1. The highest BCUT2D eigenvalue weighted by atomic mass is 32.2. The average Bonchev–Trinajstić information content (AvgIpc) is 3.37. The number of hydrogen-bond donors (Lipinski definition) is 1. The largest absolute Gasteiger partial charge is 0.461 e. The van der Waals surface area contributed by atoms with Crippen LogP contribution in [0.3, 0.4) is 0 Å². The van der Waals surface area contributed by atoms with E-state index in [0.717, 1.165) is 23.2 Å². The molecule has 1 saturated heterocycles. The standard InChI is InChI=1S/C22H29N3O5S/c1-5-16-10-7-9-15(3)20(16)23-21(26)18-11-8-12-25(18)31(28,29)17-13-19(24(4)14-17)22(27)30-6-2/h7,9-10,13-14,18H,5-6,8,11-12H2,1-4H3,(H,23,26)/t18-/m0/s1. The minimum Gasteiger partial charge on any atom is -0.461 e. The predicted molar refractivity (Wildman–Crippen MR) is 117 cm³/mol. The lowest BCUT2D eigenvalue weighted by Crippen LogP contribution is -2.43. The second-order valence-electron chi connectivity index (χ2n) is 7.62. The number of nitrogens with one attached hydrogen (secondary N) is 1. The maximum Gasteiger partial charge on any atom is 0.354 e. The molecule has 0 bridgehead atoms. The van der Waals surface area contributed by atoms with Gasteiger partial charge in [-0.25, -0.2) is 13.2 Å². The quantitative estimate of drug-likeness (QED) is 0.658. The van der Waals surface area contributed by atoms with Crippen molar-refractivity contribution in [1.82, 2.24) is 8.87 Å². The molecule has 1 aliphatic rings. The summed E-state index contributed by atoms with van der Waals surface area (Å²) < 4.78 is 34.3. The first-order valence-corrected chi connectivity index (χ1v) is 11.9. The Balaban J connectivity index is 1.87. The lowest BCUT2D eigenvalue weighted by atomic mass is 10.1. The number of rotatable bonds is 7. The fourth-order valence-electron chi connectivity index (χ4n) is 3.92. The van der Waals surface area contributed by atoms with E-state index in [1.807, 2.05) is 32.0 Å². The number of carbonyl (C=O) groups excluding carboxylic acids is 2. The zero-order valence-electron chi connectivity index (χ0n) is 18.3. The van der Waals surface area contributed by atoms with Crippen molar-refractivity contribution in [2.75, 3.05) is 18.5 Å². The zero-order chi connectivity index (χ0) is 22.8. The fourth-order valence-corrected chi connectivity index (χ4v) is 5.65. The minimum atomic E-state index is -3.96. The summed E-state index contributed by atoms with van der Waals surface area (Å²) in [4.78, 5) is 25.1. The summed E-state index contributed by atoms with van der Waals surface area (Å²) in [5.74, 6) is -0.930. The van der Waals surface area contributed by atoms with Crippen LogP contribution in [-0.4, -0.2) is 48.4 Å². The molecule has 1 aliphatic heterocycles. The maximum absolute atomic E-state index is 13.3. The molecule has 1 aromatic carbocycles. The number of hydrogen-bond acceptors (Lipinski definition) is 5. The molecule has 31 heavy (non-hydrogen) atoms. The smallest absolute Gasteiger partial charge is 0.354 e. The highest BCUT2D eigenvalue weighted by molar-refractivity contribution is 7.89. The fraction of sp³-hybridized carbons (Fsp3) is 0.455. The van der Waals surface area contributed by atoms with Crippen LogP contribution in [0.5, 0.6) is 0 Å². The second-order valence-corrected chi connectivity index (χ2v) is 9.51. The third-order valence-corrected chi connectivity index (χ3v) is 7.44. The van der Waals surface area contributed by atoms with E-state index in [-0.39, 0.29) is 29.6 Å². The Bertz CT molecular complexity index is 1090. The number of sulfonamides is 1. The van der Waals surface area contributed by atoms with Crippen LogP contribution in [0, 0.1) is 6.92 Å². The molecule has 2 heterocycles. The van der Waals surface area contributed by atoms with Gasteiger partial charge in [-0.05, 0) is 50.3 Å². The summed E-state index contributed by atoms with van der Waals surface area (Å²) in [6, 6.07) is 6.30. The van der Waals surface area contributed by atoms with Crippen LogP contribution in [0.1, 0.15) is 48.3 Å². The molecule has 168 valence electrons. The lowest BCUT2D eigenvalue weighted by Gasteiger charge is -2.24. The number of aryl methyl sites for hydroxylation is 3. The van der Waals surface area contributed by atoms with Crippen LogP contribution in [-0.2, 0) is 33.0 Å². The molecule has 1 amide bonds. The molecule has 0 unspecified atom stereocenters. The van der Waals surface area contributed by atoms with Crippen molar-refractivity contribution in [2.24, 2.45) is 7.05 Å². The predicted octanol–water partition coefficient (Wildman–Crippen LogP) is 2.86. The number of amides is 1. The number of carbonyl (C=O) groups is 2. The molecule has 1 N–H and O–H groups in total. The van der Waals surface area contributed by atoms with E-state index in [9.17, 15) is 18.0 Å². The van der Waals surface area contributed by atoms with Gasteiger partial charge in [-0.1, -0.05) is 25.1 Å². The highest BCUT2D eigenvalue weighted by Crippen LogP contribution is 2.29. The number of nitrogens with zero attached hydrogens (tertiary/aromatic N) is 2. The van der Waals surface area contributed by atoms with Crippen LogP contribution >= 0.6 is 0 Å². The van der Waals surface area contributed by atoms with Gasteiger partial charge >= 0.3 is 5.97 Å². The molecule has 0 radical (unpaired) electrons. The molecule has 9 heteroatoms. The first kappa shape index (κ1) is 23.0. The van der Waals surface area contributed by atoms with Gasteiger partial charge < -0.3 is 14.6 Å². The van der Waals surface area contributed by atoms with Crippen molar-refractivity contribution in [3.8, 4) is 0 Å². The first-order valence-electron chi connectivity index (χ1n) is 10.4. The highest BCUT2D eigenvalue weighted by Gasteiger charge is 2.40. The Hall–Kier alpha value is -2.65. The molecule has 8 nitrogen and oxygen atoms in total. The van der Waals surface area contributed by atoms with Crippen molar-refractivity contribution < 1.29 is 22.7 Å². The third kappa shape index (κ3) is 4.52. The number of ether oxygens (including phenoxy) is 1. The molecule has 2 aromatic rings. The van der Waals surface area contributed by atoms with Crippen LogP contribution in [0.2, 0.25) is 0 Å². The van der Waals surface area contributed by atoms with Gasteiger partial charge in [0.15, 0.2) is 0 Å². The molecule has 3 rings (SSSR count). The number of para-hydroxylation sites is 1. The Labute approximate surface area is 183 Å². The molecule has 0 saturated carbocycles. The van der Waals surface area contributed by atoms with Crippen molar-refractivity contribution in [3.05, 3.63) is 47.3 Å². The van der Waals surface area contributed by atoms with Crippen molar-refractivity contribution >= 4 is 27.6 Å². The number of benzene rings is 1. The Morgan fingerprint density at radius 1 is 1.26 bits per heavy atom. The summed E-state index contributed by atoms with van der Waals surface area (Å²) in [6.07, 6.45) is 3.16. The monoisotopic (exact) mass is 447 g/mol. The van der Waals surface area contributed by atoms with Gasteiger partial charge in [0.2, 0.25) is 15.9 Å². The van der Waals surface area contributed by atoms with E-state index in [0.29, 0.717) is 12.8 Å². The molecule has 1 atom stereocenters. The van der Waals surface area contributed by atoms with Crippen molar-refractivity contribution in [2.45, 2.75) is 51.0 Å². The van der Waals surface area contributed by atoms with Gasteiger partial charge in [-0.3, -0.25) is 4.79 Å². The number of esters is 1. The minimum absolute atomic E-state index is 0.0251. The summed E-state index contributed by atoms with van der Waals surface area (Å²) in [6.45, 7) is 6.05. The van der Waals surface area contributed by atoms with Gasteiger partial charge in [-0.15, -0.1) is 0 Å². The zero-order valence-corrected chi connectivity index (χ0v) is 19.2. The van der Waals surface area contributed by atoms with Crippen LogP contribution in [0.4, 0.5) is 5.69 Å². The van der Waals surface area contributed by atoms with Gasteiger partial charge in [0.25, 0.3) is 0 Å². The van der Waals surface area contributed by atoms with E-state index >= 15 is 0 Å². The van der Waals surface area contributed by atoms with Crippen LogP contribution in [0.15, 0.2) is 35.4 Å². The molecule has 0 spiro atoms. The third-order valence-electron chi connectivity index (χ3n) is 5.57. The van der Waals surface area contributed by atoms with Gasteiger partial charge in [-0.2, -0.15) is 4.31 Å². The molecule has 0 aliphatic carbocycles. The van der Waals surface area contributed by atoms with Crippen molar-refractivity contribution in [1.29, 1.82) is 0 Å². The molecule has 1 aromatic heterocycles. The van der Waals surface area contributed by atoms with E-state index in [4.69, 9.17) is 4.74 Å². The summed E-state index contributed by atoms with van der Waals surface area (Å²) in [7, 11) is -2.37. The average molecular weight is 448 g/mol. The van der Waals surface area contributed by atoms with Gasteiger partial charge in [0.1, 0.15) is 16.6 Å². The van der Waals surface area contributed by atoms with E-state index in [1.54, 1.807) is 14.0 Å². The molecule has 1 fully saturated rings. The van der Waals surface area contributed by atoms with E-state index in [1.165, 1.54) is 21.1 Å². The first-order chi connectivity index (χ1) is 14.7. The van der Waals surface area contributed by atoms with Crippen LogP contribution in [0.25, 0.3) is 0 Å². The second kappa shape index (κ2) is 9.23. The lowest BCUT2D eigenvalue weighted by molar-refractivity contribution is -0.119. The topological polar surface area (TPSA) is 97.7 Å². The number of aromatic nitrogens is 1. The van der Waals surface area contributed by atoms with E-state index in [2.05, 4.69) is 5.32 Å². The Morgan fingerprint density at radius 3 is 2.68 bits per heavy atom.